The second-order valence-electron chi connectivity index (χ2n) is 8.38. The number of rotatable bonds is 0. The Morgan fingerprint density at radius 3 is 1.38 bits per heavy atom. The van der Waals surface area contributed by atoms with Crippen LogP contribution in [0.25, 0.3) is 11.1 Å². The van der Waals surface area contributed by atoms with Gasteiger partial charge in [-0.05, 0) is 40.5 Å². The summed E-state index contributed by atoms with van der Waals surface area (Å²) in [6, 6.07) is 18.0. The molecule has 4 rings (SSSR count). The predicted molar refractivity (Wildman–Crippen MR) is 108 cm³/mol. The first-order chi connectivity index (χ1) is 11.4. The lowest BCUT2D eigenvalue weighted by Crippen LogP contribution is -2.20. The molecule has 2 aromatic carbocycles. The third-order valence-electron chi connectivity index (χ3n) is 4.63. The van der Waals surface area contributed by atoms with Gasteiger partial charge in [-0.3, -0.25) is 0 Å². The molecule has 0 radical (unpaired) electrons. The van der Waals surface area contributed by atoms with Crippen molar-refractivity contribution in [1.29, 1.82) is 0 Å². The summed E-state index contributed by atoms with van der Waals surface area (Å²) in [5.74, 6) is 0. The first-order valence-corrected chi connectivity index (χ1v) is 9.61. The summed E-state index contributed by atoms with van der Waals surface area (Å²) >= 11 is 0. The Morgan fingerprint density at radius 1 is 0.667 bits per heavy atom. The van der Waals surface area contributed by atoms with Gasteiger partial charge in [0.15, 0.2) is 0 Å². The topological polar surface area (TPSA) is 0 Å². The molecular weight excluding hydrogens is 288 g/mol. The van der Waals surface area contributed by atoms with E-state index >= 15 is 0 Å². The van der Waals surface area contributed by atoms with Gasteiger partial charge in [-0.2, -0.15) is 0 Å². The molecule has 0 unspecified atom stereocenters. The Kier molecular flexibility index (Phi) is 5.91. The number of benzene rings is 2. The van der Waals surface area contributed by atoms with Gasteiger partial charge in [0.2, 0.25) is 0 Å². The fourth-order valence-corrected chi connectivity index (χ4v) is 3.93. The third-order valence-corrected chi connectivity index (χ3v) is 4.63. The van der Waals surface area contributed by atoms with Crippen molar-refractivity contribution in [2.75, 3.05) is 0 Å². The fourth-order valence-electron chi connectivity index (χ4n) is 3.93. The quantitative estimate of drug-likeness (QED) is 0.468. The van der Waals surface area contributed by atoms with E-state index in [0.29, 0.717) is 10.8 Å². The molecule has 2 aliphatic carbocycles. The van der Waals surface area contributed by atoms with Crippen LogP contribution in [0.2, 0.25) is 0 Å². The first kappa shape index (κ1) is 18.8. The van der Waals surface area contributed by atoms with Crippen molar-refractivity contribution in [3.05, 3.63) is 59.7 Å². The van der Waals surface area contributed by atoms with Gasteiger partial charge in [-0.1, -0.05) is 103 Å². The van der Waals surface area contributed by atoms with Crippen LogP contribution < -0.4 is 0 Å². The van der Waals surface area contributed by atoms with Crippen LogP contribution in [-0.4, -0.2) is 0 Å². The highest BCUT2D eigenvalue weighted by Crippen LogP contribution is 2.56. The van der Waals surface area contributed by atoms with Gasteiger partial charge in [-0.15, -0.1) is 0 Å². The highest BCUT2D eigenvalue weighted by Gasteiger charge is 2.44. The molecule has 1 fully saturated rings. The van der Waals surface area contributed by atoms with Crippen LogP contribution in [-0.2, 0) is 5.41 Å². The lowest BCUT2D eigenvalue weighted by molar-refractivity contribution is 0.469. The van der Waals surface area contributed by atoms with Crippen molar-refractivity contribution in [3.8, 4) is 11.1 Å². The van der Waals surface area contributed by atoms with Crippen molar-refractivity contribution in [3.63, 3.8) is 0 Å². The van der Waals surface area contributed by atoms with Crippen molar-refractivity contribution in [1.82, 2.24) is 0 Å². The van der Waals surface area contributed by atoms with Crippen LogP contribution in [0.1, 0.15) is 78.4 Å². The van der Waals surface area contributed by atoms with Crippen LogP contribution in [0.15, 0.2) is 48.5 Å². The van der Waals surface area contributed by atoms with Gasteiger partial charge in [0.05, 0.1) is 0 Å². The summed E-state index contributed by atoms with van der Waals surface area (Å²) in [5, 5.41) is 0. The minimum atomic E-state index is 0.354. The van der Waals surface area contributed by atoms with E-state index in [1.807, 2.05) is 13.8 Å². The van der Waals surface area contributed by atoms with Crippen molar-refractivity contribution in [2.24, 2.45) is 5.41 Å². The zero-order valence-corrected chi connectivity index (χ0v) is 16.4. The van der Waals surface area contributed by atoms with E-state index in [9.17, 15) is 0 Å². The van der Waals surface area contributed by atoms with Crippen LogP contribution in [0.4, 0.5) is 0 Å². The first-order valence-electron chi connectivity index (χ1n) is 9.61. The van der Waals surface area contributed by atoms with Crippen LogP contribution >= 0.6 is 0 Å². The van der Waals surface area contributed by atoms with Crippen molar-refractivity contribution in [2.45, 2.75) is 72.6 Å². The predicted octanol–water partition coefficient (Wildman–Crippen LogP) is 7.61. The molecule has 0 heteroatoms. The zero-order chi connectivity index (χ0) is 17.8. The summed E-state index contributed by atoms with van der Waals surface area (Å²) in [6.07, 6.45) is 5.42. The van der Waals surface area contributed by atoms with Gasteiger partial charge >= 0.3 is 0 Å². The van der Waals surface area contributed by atoms with Crippen LogP contribution in [0.3, 0.4) is 0 Å². The molecule has 1 saturated carbocycles. The molecule has 0 aliphatic heterocycles. The fraction of sp³-hybridized carbons (Fsp3) is 0.500. The molecule has 130 valence electrons. The van der Waals surface area contributed by atoms with E-state index in [1.165, 1.54) is 36.8 Å². The molecule has 0 atom stereocenters. The maximum Gasteiger partial charge on any atom is 0.0215 e. The smallest absolute Gasteiger partial charge is 0.0215 e. The molecule has 0 N–H and O–H groups in total. The highest BCUT2D eigenvalue weighted by atomic mass is 14.5. The third kappa shape index (κ3) is 3.74. The van der Waals surface area contributed by atoms with Gasteiger partial charge < -0.3 is 0 Å². The second kappa shape index (κ2) is 7.55. The molecule has 0 aromatic heterocycles. The van der Waals surface area contributed by atoms with Gasteiger partial charge in [0.25, 0.3) is 0 Å². The van der Waals surface area contributed by atoms with E-state index in [4.69, 9.17) is 0 Å². The molecule has 2 aliphatic rings. The molecule has 1 spiro atoms. The van der Waals surface area contributed by atoms with Crippen LogP contribution in [0, 0.1) is 5.41 Å². The Balaban J connectivity index is 0.000000259. The molecule has 0 amide bonds. The summed E-state index contributed by atoms with van der Waals surface area (Å²) in [7, 11) is 0. The number of hydrogen-bond donors (Lipinski definition) is 0. The highest BCUT2D eigenvalue weighted by molar-refractivity contribution is 5.81. The average Bonchev–Trinajstić information content (AvgIpc) is 3.15. The van der Waals surface area contributed by atoms with E-state index in [-0.39, 0.29) is 0 Å². The lowest BCUT2D eigenvalue weighted by Gasteiger charge is -2.26. The summed E-state index contributed by atoms with van der Waals surface area (Å²) in [6.45, 7) is 12.8. The van der Waals surface area contributed by atoms with E-state index < -0.39 is 0 Å². The average molecular weight is 323 g/mol. The van der Waals surface area contributed by atoms with E-state index in [2.05, 4.69) is 76.2 Å². The summed E-state index contributed by atoms with van der Waals surface area (Å²) in [5.41, 5.74) is 6.97. The van der Waals surface area contributed by atoms with Crippen LogP contribution in [0.5, 0.6) is 0 Å². The molecule has 0 heterocycles. The second-order valence-corrected chi connectivity index (χ2v) is 8.38. The Hall–Kier alpha value is -1.56. The largest absolute Gasteiger partial charge is 0.0683 e. The molecule has 2 aromatic rings. The van der Waals surface area contributed by atoms with Gasteiger partial charge in [-0.25, -0.2) is 0 Å². The lowest BCUT2D eigenvalue weighted by atomic mass is 9.77. The van der Waals surface area contributed by atoms with E-state index in [0.717, 1.165) is 0 Å². The van der Waals surface area contributed by atoms with Crippen molar-refractivity contribution >= 4 is 0 Å². The van der Waals surface area contributed by atoms with Gasteiger partial charge in [0, 0.05) is 5.41 Å². The summed E-state index contributed by atoms with van der Waals surface area (Å²) in [4.78, 5) is 0. The summed E-state index contributed by atoms with van der Waals surface area (Å²) < 4.78 is 0. The van der Waals surface area contributed by atoms with Gasteiger partial charge in [0.1, 0.15) is 0 Å². The Labute approximate surface area is 149 Å². The maximum absolute atomic E-state index is 2.35. The number of fused-ring (bicyclic) bond motifs is 5. The SMILES string of the molecule is CC.CC(C)(C)C.c1ccc2c(c1)-c1ccccc1C21CCCC1. The maximum atomic E-state index is 2.35. The molecular formula is C24H34. The zero-order valence-electron chi connectivity index (χ0n) is 16.4. The standard InChI is InChI=1S/C17H16.C5H12.C2H6/c1-3-9-15-13(7-1)14-8-2-4-10-16(14)17(15)11-5-6-12-17;1-5(2,3)4;1-2/h1-4,7-10H,5-6,11-12H2;1-4H3;1-2H3. The number of hydrogen-bond acceptors (Lipinski definition) is 0. The Morgan fingerprint density at radius 2 is 1.00 bits per heavy atom. The molecule has 0 nitrogen and oxygen atoms in total. The molecule has 24 heavy (non-hydrogen) atoms. The molecule has 0 bridgehead atoms. The van der Waals surface area contributed by atoms with E-state index in [1.54, 1.807) is 11.1 Å². The van der Waals surface area contributed by atoms with Crippen molar-refractivity contribution < 1.29 is 0 Å². The minimum absolute atomic E-state index is 0.354. The normalized spacial score (nSPS) is 16.4. The Bertz CT molecular complexity index is 598. The monoisotopic (exact) mass is 322 g/mol. The molecule has 0 saturated heterocycles. The minimum Gasteiger partial charge on any atom is -0.0683 e.